The zero-order valence-corrected chi connectivity index (χ0v) is 32.1. The van der Waals surface area contributed by atoms with E-state index in [1.165, 1.54) is 12.1 Å². The normalized spacial score (nSPS) is 19.0. The molecule has 1 amide bonds. The molecule has 1 heterocycles. The van der Waals surface area contributed by atoms with Gasteiger partial charge in [-0.1, -0.05) is 103 Å². The molecule has 1 fully saturated rings. The Morgan fingerprint density at radius 1 is 0.782 bits per heavy atom. The number of carboxylic acid groups (broad SMARTS) is 1. The van der Waals surface area contributed by atoms with Crippen LogP contribution in [0.1, 0.15) is 63.1 Å². The van der Waals surface area contributed by atoms with E-state index >= 15 is 0 Å². The molecule has 4 N–H and O–H groups in total. The number of carbonyl (C=O) groups is 2. The molecule has 1 aliphatic heterocycles. The van der Waals surface area contributed by atoms with E-state index in [-0.39, 0.29) is 48.2 Å². The van der Waals surface area contributed by atoms with E-state index in [0.29, 0.717) is 5.75 Å². The lowest BCUT2D eigenvalue weighted by Gasteiger charge is -2.41. The third kappa shape index (κ3) is 10.5. The minimum Gasteiger partial charge on any atom is -0.478 e. The minimum atomic E-state index is -3.98. The molecule has 12 heteroatoms. The van der Waals surface area contributed by atoms with Crippen LogP contribution in [0.3, 0.4) is 0 Å². The first-order valence-electron chi connectivity index (χ1n) is 18.0. The zero-order valence-electron chi connectivity index (χ0n) is 30.5. The van der Waals surface area contributed by atoms with Crippen LogP contribution < -0.4 is 10.0 Å². The summed E-state index contributed by atoms with van der Waals surface area (Å²) in [6, 6.07) is 36.7. The van der Waals surface area contributed by atoms with Gasteiger partial charge in [0.05, 0.1) is 29.3 Å². The van der Waals surface area contributed by atoms with E-state index in [2.05, 4.69) is 17.0 Å². The second kappa shape index (κ2) is 18.2. The van der Waals surface area contributed by atoms with E-state index in [0.717, 1.165) is 38.3 Å². The van der Waals surface area contributed by atoms with E-state index < -0.39 is 34.2 Å². The number of hydrogen-bond acceptors (Lipinski definition) is 8. The fraction of sp³-hybridized carbons (Fsp3) is 0.256. The van der Waals surface area contributed by atoms with Crippen molar-refractivity contribution in [3.63, 3.8) is 0 Å². The highest BCUT2D eigenvalue weighted by Crippen LogP contribution is 2.43. The second-order valence-electron chi connectivity index (χ2n) is 13.6. The molecule has 0 aliphatic carbocycles. The number of nitrogens with one attached hydrogen (secondary N) is 2. The third-order valence-electron chi connectivity index (χ3n) is 9.59. The molecule has 0 radical (unpaired) electrons. The van der Waals surface area contributed by atoms with Gasteiger partial charge < -0.3 is 25.0 Å². The topological polar surface area (TPSA) is 151 Å². The maximum atomic E-state index is 13.6. The van der Waals surface area contributed by atoms with Gasteiger partial charge in [0, 0.05) is 28.7 Å². The summed E-state index contributed by atoms with van der Waals surface area (Å²) in [5.41, 5.74) is 5.31. The van der Waals surface area contributed by atoms with Crippen LogP contribution in [0.25, 0.3) is 0 Å². The number of ether oxygens (including phenoxy) is 2. The number of benzene rings is 5. The molecule has 286 valence electrons. The summed E-state index contributed by atoms with van der Waals surface area (Å²) >= 11 is 1.58. The van der Waals surface area contributed by atoms with Gasteiger partial charge in [0.25, 0.3) is 0 Å². The lowest BCUT2D eigenvalue weighted by molar-refractivity contribution is -0.268. The molecule has 10 nitrogen and oxygen atoms in total. The van der Waals surface area contributed by atoms with Crippen molar-refractivity contribution < 1.29 is 37.7 Å². The third-order valence-corrected chi connectivity index (χ3v) is 12.2. The van der Waals surface area contributed by atoms with Crippen LogP contribution in [0.4, 0.5) is 0 Å². The van der Waals surface area contributed by atoms with Crippen molar-refractivity contribution in [3.8, 4) is 0 Å². The van der Waals surface area contributed by atoms with Crippen molar-refractivity contribution in [1.82, 2.24) is 10.0 Å². The first-order valence-corrected chi connectivity index (χ1v) is 20.4. The first-order chi connectivity index (χ1) is 26.5. The maximum Gasteiger partial charge on any atom is 0.335 e. The van der Waals surface area contributed by atoms with Crippen LogP contribution in [0.15, 0.2) is 137 Å². The number of sulfonamides is 1. The van der Waals surface area contributed by atoms with E-state index in [1.54, 1.807) is 48.2 Å². The molecule has 5 aromatic carbocycles. The van der Waals surface area contributed by atoms with Crippen molar-refractivity contribution in [2.75, 3.05) is 5.75 Å². The van der Waals surface area contributed by atoms with Crippen molar-refractivity contribution >= 4 is 33.7 Å². The molecule has 0 saturated carbocycles. The summed E-state index contributed by atoms with van der Waals surface area (Å²) in [7, 11) is -3.98. The Morgan fingerprint density at radius 2 is 1.42 bits per heavy atom. The van der Waals surface area contributed by atoms with E-state index in [4.69, 9.17) is 9.47 Å². The SMILES string of the molecule is Cc1ccc(S(=O)(=O)N[C@H](Cc2ccccc2)C(=O)NCc2ccc(C3O[C@H](CSc4ccc(C(=O)O)cc4)[C@H](C)[C@H](c4ccc(CO)cc4)O3)cc2)cc1. The highest BCUT2D eigenvalue weighted by atomic mass is 32.2. The summed E-state index contributed by atoms with van der Waals surface area (Å²) in [5, 5.41) is 21.8. The number of aryl methyl sites for hydroxylation is 1. The Labute approximate surface area is 326 Å². The lowest BCUT2D eigenvalue weighted by atomic mass is 9.91. The molecular formula is C43H44N2O8S2. The average Bonchev–Trinajstić information content (AvgIpc) is 3.20. The standard InChI is InChI=1S/C43H44N2O8S2/c1-28-8-22-37(23-9-28)55(50,51)45-38(24-30-6-4-3-5-7-30)41(47)44-25-31-10-16-35(17-11-31)43-52-39(27-54-36-20-18-34(19-21-36)42(48)49)29(2)40(53-43)33-14-12-32(26-46)13-15-33/h3-23,29,38-40,43,45-46H,24-27H2,1-2H3,(H,44,47)(H,48,49)/t29-,38+,39+,40+,43?/m0/s1. The number of aliphatic hydroxyl groups is 1. The summed E-state index contributed by atoms with van der Waals surface area (Å²) in [4.78, 5) is 25.9. The number of hydrogen-bond donors (Lipinski definition) is 4. The highest BCUT2D eigenvalue weighted by molar-refractivity contribution is 7.99. The highest BCUT2D eigenvalue weighted by Gasteiger charge is 2.38. The Kier molecular flexibility index (Phi) is 13.2. The smallest absolute Gasteiger partial charge is 0.335 e. The maximum absolute atomic E-state index is 13.6. The Balaban J connectivity index is 1.15. The minimum absolute atomic E-state index is 0.0382. The quantitative estimate of drug-likeness (QED) is 0.0826. The molecule has 1 unspecified atom stereocenters. The van der Waals surface area contributed by atoms with Gasteiger partial charge >= 0.3 is 5.97 Å². The summed E-state index contributed by atoms with van der Waals surface area (Å²) < 4.78 is 42.4. The predicted molar refractivity (Wildman–Crippen MR) is 211 cm³/mol. The van der Waals surface area contributed by atoms with Crippen LogP contribution in [-0.2, 0) is 43.9 Å². The molecule has 5 aromatic rings. The zero-order chi connectivity index (χ0) is 39.0. The number of amides is 1. The molecule has 0 spiro atoms. The van der Waals surface area contributed by atoms with Gasteiger partial charge in [-0.15, -0.1) is 11.8 Å². The average molecular weight is 781 g/mol. The Morgan fingerprint density at radius 3 is 2.05 bits per heavy atom. The number of aliphatic hydroxyl groups excluding tert-OH is 1. The molecule has 0 aromatic heterocycles. The van der Waals surface area contributed by atoms with Gasteiger partial charge in [-0.2, -0.15) is 4.72 Å². The number of thioether (sulfide) groups is 1. The van der Waals surface area contributed by atoms with Crippen LogP contribution in [0.2, 0.25) is 0 Å². The van der Waals surface area contributed by atoms with Crippen molar-refractivity contribution in [2.45, 2.75) is 67.8 Å². The van der Waals surface area contributed by atoms with Crippen LogP contribution >= 0.6 is 11.8 Å². The molecule has 55 heavy (non-hydrogen) atoms. The summed E-state index contributed by atoms with van der Waals surface area (Å²) in [6.07, 6.45) is -1.07. The van der Waals surface area contributed by atoms with Gasteiger partial charge in [0.2, 0.25) is 15.9 Å². The first kappa shape index (κ1) is 39.9. The molecule has 1 aliphatic rings. The van der Waals surface area contributed by atoms with Crippen molar-refractivity contribution in [2.24, 2.45) is 5.92 Å². The van der Waals surface area contributed by atoms with Crippen molar-refractivity contribution in [1.29, 1.82) is 0 Å². The van der Waals surface area contributed by atoms with Crippen molar-refractivity contribution in [3.05, 3.63) is 166 Å². The number of aromatic carboxylic acids is 1. The monoisotopic (exact) mass is 780 g/mol. The summed E-state index contributed by atoms with van der Waals surface area (Å²) in [5.74, 6) is -0.869. The van der Waals surface area contributed by atoms with Crippen LogP contribution in [0, 0.1) is 12.8 Å². The lowest BCUT2D eigenvalue weighted by Crippen LogP contribution is -2.47. The number of carboxylic acids is 1. The van der Waals surface area contributed by atoms with Gasteiger partial charge in [-0.25, -0.2) is 13.2 Å². The van der Waals surface area contributed by atoms with Gasteiger partial charge in [0.15, 0.2) is 6.29 Å². The fourth-order valence-electron chi connectivity index (χ4n) is 6.30. The van der Waals surface area contributed by atoms with Gasteiger partial charge in [-0.05, 0) is 72.0 Å². The van der Waals surface area contributed by atoms with Crippen LogP contribution in [-0.4, -0.2) is 48.4 Å². The molecule has 6 rings (SSSR count). The Hall–Kier alpha value is -4.82. The molecule has 0 bridgehead atoms. The van der Waals surface area contributed by atoms with Gasteiger partial charge in [0.1, 0.15) is 6.04 Å². The number of carbonyl (C=O) groups excluding carboxylic acids is 1. The largest absolute Gasteiger partial charge is 0.478 e. The molecule has 1 saturated heterocycles. The molecular weight excluding hydrogens is 737 g/mol. The van der Waals surface area contributed by atoms with E-state index in [9.17, 15) is 28.2 Å². The Bertz CT molecular complexity index is 2150. The molecule has 5 atom stereocenters. The fourth-order valence-corrected chi connectivity index (χ4v) is 8.56. The van der Waals surface area contributed by atoms with Gasteiger partial charge in [-0.3, -0.25) is 4.79 Å². The second-order valence-corrected chi connectivity index (χ2v) is 16.4. The predicted octanol–water partition coefficient (Wildman–Crippen LogP) is 6.98. The van der Waals surface area contributed by atoms with E-state index in [1.807, 2.05) is 85.8 Å². The summed E-state index contributed by atoms with van der Waals surface area (Å²) in [6.45, 7) is 4.06. The number of rotatable bonds is 15. The van der Waals surface area contributed by atoms with Crippen LogP contribution in [0.5, 0.6) is 0 Å².